The molecule has 7 heteroatoms. The van der Waals surface area contributed by atoms with Crippen LogP contribution in [0.4, 0.5) is 0 Å². The Labute approximate surface area is 147 Å². The van der Waals surface area contributed by atoms with Crippen molar-refractivity contribution in [1.29, 1.82) is 0 Å². The maximum atomic E-state index is 12.9. The molecule has 0 spiro atoms. The van der Waals surface area contributed by atoms with Crippen molar-refractivity contribution < 1.29 is 23.8 Å². The van der Waals surface area contributed by atoms with Crippen LogP contribution in [0.3, 0.4) is 0 Å². The van der Waals surface area contributed by atoms with Gasteiger partial charge >= 0.3 is 0 Å². The molecular weight excluding hydrogens is 324 g/mol. The summed E-state index contributed by atoms with van der Waals surface area (Å²) in [4.78, 5) is 29.2. The fraction of sp³-hybridized carbons (Fsp3) is 0.556. The molecule has 2 aliphatic heterocycles. The number of benzene rings is 1. The molecule has 136 valence electrons. The van der Waals surface area contributed by atoms with Crippen molar-refractivity contribution in [1.82, 2.24) is 9.80 Å². The van der Waals surface area contributed by atoms with Gasteiger partial charge in [0, 0.05) is 25.2 Å². The summed E-state index contributed by atoms with van der Waals surface area (Å²) in [6, 6.07) is 4.69. The van der Waals surface area contributed by atoms with Crippen molar-refractivity contribution in [3.63, 3.8) is 0 Å². The number of amides is 2. The van der Waals surface area contributed by atoms with Crippen LogP contribution >= 0.6 is 0 Å². The molecule has 2 aliphatic rings. The predicted molar refractivity (Wildman–Crippen MR) is 91.0 cm³/mol. The quantitative estimate of drug-likeness (QED) is 0.817. The number of ether oxygens (including phenoxy) is 3. The van der Waals surface area contributed by atoms with E-state index in [1.165, 1.54) is 7.11 Å². The number of methoxy groups -OCH3 is 2. The Morgan fingerprint density at radius 2 is 1.80 bits per heavy atom. The molecule has 25 heavy (non-hydrogen) atoms. The molecule has 2 amide bonds. The average molecular weight is 348 g/mol. The number of rotatable bonds is 4. The lowest BCUT2D eigenvalue weighted by Gasteiger charge is -2.32. The van der Waals surface area contributed by atoms with E-state index in [0.717, 1.165) is 6.42 Å². The summed E-state index contributed by atoms with van der Waals surface area (Å²) in [6.07, 6.45) is 1.54. The van der Waals surface area contributed by atoms with Gasteiger partial charge in [-0.1, -0.05) is 0 Å². The summed E-state index contributed by atoms with van der Waals surface area (Å²) in [5.41, 5.74) is 0.499. The van der Waals surface area contributed by atoms with Crippen LogP contribution in [-0.4, -0.2) is 74.7 Å². The Morgan fingerprint density at radius 3 is 2.48 bits per heavy atom. The van der Waals surface area contributed by atoms with Crippen molar-refractivity contribution in [2.75, 3.05) is 47.1 Å². The first-order chi connectivity index (χ1) is 12.2. The van der Waals surface area contributed by atoms with E-state index in [-0.39, 0.29) is 11.8 Å². The van der Waals surface area contributed by atoms with Crippen molar-refractivity contribution in [3.05, 3.63) is 23.8 Å². The van der Waals surface area contributed by atoms with Gasteiger partial charge < -0.3 is 24.0 Å². The maximum absolute atomic E-state index is 12.9. The second-order valence-electron chi connectivity index (χ2n) is 6.16. The number of hydrogen-bond donors (Lipinski definition) is 0. The first-order valence-corrected chi connectivity index (χ1v) is 8.55. The van der Waals surface area contributed by atoms with Crippen molar-refractivity contribution in [2.24, 2.45) is 0 Å². The zero-order chi connectivity index (χ0) is 17.8. The highest BCUT2D eigenvalue weighted by atomic mass is 16.5. The van der Waals surface area contributed by atoms with E-state index in [1.807, 2.05) is 0 Å². The van der Waals surface area contributed by atoms with Gasteiger partial charge in [0.05, 0.1) is 27.4 Å². The fourth-order valence-electron chi connectivity index (χ4n) is 3.40. The van der Waals surface area contributed by atoms with Gasteiger partial charge in [-0.05, 0) is 31.0 Å². The van der Waals surface area contributed by atoms with Crippen molar-refractivity contribution in [3.8, 4) is 11.5 Å². The third-order valence-corrected chi connectivity index (χ3v) is 4.75. The van der Waals surface area contributed by atoms with Crippen LogP contribution in [0.1, 0.15) is 23.2 Å². The number of nitrogens with zero attached hydrogens (tertiary/aromatic N) is 2. The summed E-state index contributed by atoms with van der Waals surface area (Å²) < 4.78 is 15.8. The van der Waals surface area contributed by atoms with E-state index >= 15 is 0 Å². The van der Waals surface area contributed by atoms with E-state index in [9.17, 15) is 9.59 Å². The molecule has 0 aromatic heterocycles. The summed E-state index contributed by atoms with van der Waals surface area (Å²) in [5.74, 6) is 0.949. The lowest BCUT2D eigenvalue weighted by Crippen LogP contribution is -2.51. The third kappa shape index (κ3) is 3.56. The van der Waals surface area contributed by atoms with Gasteiger partial charge in [0.1, 0.15) is 6.04 Å². The zero-order valence-electron chi connectivity index (χ0n) is 14.7. The van der Waals surface area contributed by atoms with Crippen LogP contribution in [-0.2, 0) is 9.53 Å². The normalized spacial score (nSPS) is 20.5. The highest BCUT2D eigenvalue weighted by Crippen LogP contribution is 2.29. The van der Waals surface area contributed by atoms with E-state index in [0.29, 0.717) is 56.3 Å². The van der Waals surface area contributed by atoms with E-state index < -0.39 is 6.04 Å². The Morgan fingerprint density at radius 1 is 1.08 bits per heavy atom. The van der Waals surface area contributed by atoms with E-state index in [1.54, 1.807) is 35.1 Å². The number of likely N-dealkylation sites (tertiary alicyclic amines) is 1. The highest BCUT2D eigenvalue weighted by Gasteiger charge is 2.37. The topological polar surface area (TPSA) is 68.3 Å². The number of carbonyl (C=O) groups excluding carboxylic acids is 2. The molecule has 1 atom stereocenters. The lowest BCUT2D eigenvalue weighted by molar-refractivity contribution is -0.139. The van der Waals surface area contributed by atoms with Gasteiger partial charge in [0.25, 0.3) is 5.91 Å². The van der Waals surface area contributed by atoms with Gasteiger partial charge in [-0.25, -0.2) is 0 Å². The second-order valence-corrected chi connectivity index (χ2v) is 6.16. The van der Waals surface area contributed by atoms with Crippen LogP contribution in [0.2, 0.25) is 0 Å². The minimum Gasteiger partial charge on any atom is -0.493 e. The molecular formula is C18H24N2O5. The minimum atomic E-state index is -0.390. The van der Waals surface area contributed by atoms with Crippen LogP contribution < -0.4 is 9.47 Å². The lowest BCUT2D eigenvalue weighted by atomic mass is 10.1. The van der Waals surface area contributed by atoms with Crippen molar-refractivity contribution >= 4 is 11.8 Å². The number of carbonyl (C=O) groups is 2. The molecule has 1 aromatic rings. The van der Waals surface area contributed by atoms with Gasteiger partial charge in [-0.2, -0.15) is 0 Å². The standard InChI is InChI=1S/C18H24N2O5/c1-23-15-6-5-13(12-16(15)24-2)17(21)20-7-3-4-14(20)18(22)19-8-10-25-11-9-19/h5-6,12,14H,3-4,7-11H2,1-2H3/t14-/m1/s1. The van der Waals surface area contributed by atoms with Gasteiger partial charge in [0.15, 0.2) is 11.5 Å². The van der Waals surface area contributed by atoms with E-state index in [2.05, 4.69) is 0 Å². The molecule has 0 radical (unpaired) electrons. The van der Waals surface area contributed by atoms with Crippen LogP contribution in [0.15, 0.2) is 18.2 Å². The monoisotopic (exact) mass is 348 g/mol. The smallest absolute Gasteiger partial charge is 0.254 e. The molecule has 0 bridgehead atoms. The molecule has 0 unspecified atom stereocenters. The first-order valence-electron chi connectivity index (χ1n) is 8.55. The minimum absolute atomic E-state index is 0.0228. The molecule has 2 saturated heterocycles. The summed E-state index contributed by atoms with van der Waals surface area (Å²) in [5, 5.41) is 0. The molecule has 7 nitrogen and oxygen atoms in total. The summed E-state index contributed by atoms with van der Waals surface area (Å²) in [7, 11) is 3.09. The number of hydrogen-bond acceptors (Lipinski definition) is 5. The molecule has 2 fully saturated rings. The SMILES string of the molecule is COc1ccc(C(=O)N2CCC[C@@H]2C(=O)N2CCOCC2)cc1OC. The highest BCUT2D eigenvalue weighted by molar-refractivity contribution is 5.98. The summed E-state index contributed by atoms with van der Waals surface area (Å²) >= 11 is 0. The Hall–Kier alpha value is -2.28. The van der Waals surface area contributed by atoms with Crippen molar-refractivity contribution in [2.45, 2.75) is 18.9 Å². The fourth-order valence-corrected chi connectivity index (χ4v) is 3.40. The molecule has 0 saturated carbocycles. The van der Waals surface area contributed by atoms with Gasteiger partial charge in [-0.3, -0.25) is 9.59 Å². The molecule has 0 N–H and O–H groups in total. The molecule has 3 rings (SSSR count). The average Bonchev–Trinajstić information content (AvgIpc) is 3.16. The second kappa shape index (κ2) is 7.74. The zero-order valence-corrected chi connectivity index (χ0v) is 14.7. The number of morpholine rings is 1. The van der Waals surface area contributed by atoms with Gasteiger partial charge in [-0.15, -0.1) is 0 Å². The Balaban J connectivity index is 1.77. The maximum Gasteiger partial charge on any atom is 0.254 e. The largest absolute Gasteiger partial charge is 0.493 e. The van der Waals surface area contributed by atoms with Crippen LogP contribution in [0.5, 0.6) is 11.5 Å². The molecule has 0 aliphatic carbocycles. The van der Waals surface area contributed by atoms with Crippen LogP contribution in [0.25, 0.3) is 0 Å². The first kappa shape index (κ1) is 17.5. The Bertz CT molecular complexity index is 642. The van der Waals surface area contributed by atoms with Gasteiger partial charge in [0.2, 0.25) is 5.91 Å². The Kier molecular flexibility index (Phi) is 5.43. The van der Waals surface area contributed by atoms with Crippen LogP contribution in [0, 0.1) is 0 Å². The molecule has 1 aromatic carbocycles. The predicted octanol–water partition coefficient (Wildman–Crippen LogP) is 1.17. The third-order valence-electron chi connectivity index (χ3n) is 4.75. The van der Waals surface area contributed by atoms with E-state index in [4.69, 9.17) is 14.2 Å². The summed E-state index contributed by atoms with van der Waals surface area (Å²) in [6.45, 7) is 2.89. The molecule has 2 heterocycles.